The highest BCUT2D eigenvalue weighted by atomic mass is 19.1. The number of hydrogen-bond donors (Lipinski definition) is 0. The molecule has 0 aromatic heterocycles. The summed E-state index contributed by atoms with van der Waals surface area (Å²) in [6.45, 7) is 3.99. The van der Waals surface area contributed by atoms with Crippen LogP contribution >= 0.6 is 0 Å². The zero-order valence-electron chi connectivity index (χ0n) is 12.7. The molecule has 0 amide bonds. The fourth-order valence-corrected chi connectivity index (χ4v) is 2.13. The van der Waals surface area contributed by atoms with Crippen LogP contribution in [0.3, 0.4) is 0 Å². The van der Waals surface area contributed by atoms with Gasteiger partial charge < -0.3 is 9.47 Å². The lowest BCUT2D eigenvalue weighted by Crippen LogP contribution is -2.05. The molecule has 0 N–H and O–H groups in total. The van der Waals surface area contributed by atoms with Gasteiger partial charge in [-0.25, -0.2) is 14.2 Å². The number of halogens is 1. The molecular weight excluding hydrogens is 309 g/mol. The van der Waals surface area contributed by atoms with E-state index in [1.807, 2.05) is 18.2 Å². The summed E-state index contributed by atoms with van der Waals surface area (Å²) in [5.74, 6) is -0.0915. The van der Waals surface area contributed by atoms with Crippen molar-refractivity contribution >= 4 is 17.9 Å². The van der Waals surface area contributed by atoms with Gasteiger partial charge in [-0.1, -0.05) is 24.8 Å². The van der Waals surface area contributed by atoms with Crippen LogP contribution in [-0.4, -0.2) is 18.5 Å². The Morgan fingerprint density at radius 2 is 2.00 bits per heavy atom. The molecule has 1 aliphatic rings. The van der Waals surface area contributed by atoms with Crippen LogP contribution < -0.4 is 4.74 Å². The molecule has 24 heavy (non-hydrogen) atoms. The molecule has 0 atom stereocenters. The number of esters is 1. The van der Waals surface area contributed by atoms with Crippen molar-refractivity contribution in [2.24, 2.45) is 4.99 Å². The Bertz CT molecular complexity index is 838. The lowest BCUT2D eigenvalue weighted by molar-refractivity contribution is -0.129. The van der Waals surface area contributed by atoms with Gasteiger partial charge in [0.15, 0.2) is 5.70 Å². The van der Waals surface area contributed by atoms with Crippen molar-refractivity contribution in [1.82, 2.24) is 0 Å². The number of hydrogen-bond acceptors (Lipinski definition) is 4. The molecule has 0 saturated carbocycles. The quantitative estimate of drug-likeness (QED) is 0.478. The number of nitrogens with zero attached hydrogens (tertiary/aromatic N) is 1. The largest absolute Gasteiger partial charge is 0.490 e. The third kappa shape index (κ3) is 3.57. The normalized spacial score (nSPS) is 15.1. The number of cyclic esters (lactones) is 1. The summed E-state index contributed by atoms with van der Waals surface area (Å²) >= 11 is 0. The van der Waals surface area contributed by atoms with Crippen molar-refractivity contribution in [3.05, 3.63) is 83.8 Å². The molecule has 3 rings (SSSR count). The number of aliphatic imine (C=N–C) groups is 1. The molecule has 0 unspecified atom stereocenters. The third-order valence-electron chi connectivity index (χ3n) is 3.24. The first kappa shape index (κ1) is 15.7. The zero-order valence-corrected chi connectivity index (χ0v) is 12.7. The minimum Gasteiger partial charge on any atom is -0.490 e. The monoisotopic (exact) mass is 323 g/mol. The molecule has 2 aromatic rings. The van der Waals surface area contributed by atoms with Gasteiger partial charge in [-0.05, 0) is 48.0 Å². The molecule has 2 aromatic carbocycles. The van der Waals surface area contributed by atoms with E-state index in [0.29, 0.717) is 17.9 Å². The molecule has 4 nitrogen and oxygen atoms in total. The lowest BCUT2D eigenvalue weighted by Gasteiger charge is -2.03. The number of rotatable bonds is 5. The summed E-state index contributed by atoms with van der Waals surface area (Å²) in [4.78, 5) is 16.1. The zero-order chi connectivity index (χ0) is 16.9. The Hall–Kier alpha value is -3.21. The van der Waals surface area contributed by atoms with Gasteiger partial charge in [0.1, 0.15) is 18.2 Å². The molecule has 0 spiro atoms. The number of benzene rings is 2. The van der Waals surface area contributed by atoms with Crippen LogP contribution in [0.2, 0.25) is 0 Å². The smallest absolute Gasteiger partial charge is 0.363 e. The van der Waals surface area contributed by atoms with E-state index in [-0.39, 0.29) is 17.4 Å². The summed E-state index contributed by atoms with van der Waals surface area (Å²) in [6, 6.07) is 12.8. The van der Waals surface area contributed by atoms with Crippen LogP contribution in [0.1, 0.15) is 11.1 Å². The third-order valence-corrected chi connectivity index (χ3v) is 3.24. The van der Waals surface area contributed by atoms with Gasteiger partial charge in [0.2, 0.25) is 5.90 Å². The number of ether oxygens (including phenoxy) is 2. The van der Waals surface area contributed by atoms with Gasteiger partial charge in [-0.15, -0.1) is 0 Å². The average Bonchev–Trinajstić information content (AvgIpc) is 2.95. The van der Waals surface area contributed by atoms with E-state index < -0.39 is 5.97 Å². The highest BCUT2D eigenvalue weighted by Crippen LogP contribution is 2.21. The maximum atomic E-state index is 13.0. The van der Waals surface area contributed by atoms with Crippen molar-refractivity contribution < 1.29 is 18.7 Å². The summed E-state index contributed by atoms with van der Waals surface area (Å²) in [7, 11) is 0. The molecule has 0 fully saturated rings. The fourth-order valence-electron chi connectivity index (χ4n) is 2.13. The molecule has 120 valence electrons. The maximum absolute atomic E-state index is 13.0. The molecular formula is C19H14FNO3. The topological polar surface area (TPSA) is 47.9 Å². The average molecular weight is 323 g/mol. The first-order valence-corrected chi connectivity index (χ1v) is 7.28. The van der Waals surface area contributed by atoms with E-state index in [9.17, 15) is 9.18 Å². The van der Waals surface area contributed by atoms with Gasteiger partial charge in [0, 0.05) is 5.56 Å². The number of carbonyl (C=O) groups is 1. The predicted molar refractivity (Wildman–Crippen MR) is 89.1 cm³/mol. The van der Waals surface area contributed by atoms with Crippen LogP contribution in [-0.2, 0) is 9.53 Å². The van der Waals surface area contributed by atoms with Crippen molar-refractivity contribution in [2.75, 3.05) is 6.61 Å². The minimum atomic E-state index is -0.549. The van der Waals surface area contributed by atoms with E-state index in [1.54, 1.807) is 18.2 Å². The standard InChI is InChI=1S/C19H14FNO3/c1-2-10-23-16-5-3-4-13(11-16)12-17-19(22)24-18(21-17)14-6-8-15(20)9-7-14/h2-9,11-12H,1,10H2/b17-12+. The predicted octanol–water partition coefficient (Wildman–Crippen LogP) is 3.74. The summed E-state index contributed by atoms with van der Waals surface area (Å²) in [5.41, 5.74) is 1.47. The van der Waals surface area contributed by atoms with E-state index in [2.05, 4.69) is 11.6 Å². The molecule has 0 bridgehead atoms. The Morgan fingerprint density at radius 3 is 2.75 bits per heavy atom. The summed E-state index contributed by atoms with van der Waals surface area (Å²) in [6.07, 6.45) is 3.26. The molecule has 5 heteroatoms. The summed E-state index contributed by atoms with van der Waals surface area (Å²) in [5, 5.41) is 0. The molecule has 0 radical (unpaired) electrons. The molecule has 1 heterocycles. The van der Waals surface area contributed by atoms with E-state index >= 15 is 0 Å². The molecule has 1 aliphatic heterocycles. The van der Waals surface area contributed by atoms with Crippen LogP contribution in [0, 0.1) is 5.82 Å². The van der Waals surface area contributed by atoms with E-state index in [4.69, 9.17) is 9.47 Å². The van der Waals surface area contributed by atoms with Gasteiger partial charge >= 0.3 is 5.97 Å². The lowest BCUT2D eigenvalue weighted by atomic mass is 10.2. The highest BCUT2D eigenvalue weighted by Gasteiger charge is 2.24. The van der Waals surface area contributed by atoms with Crippen molar-refractivity contribution in [1.29, 1.82) is 0 Å². The second kappa shape index (κ2) is 6.91. The highest BCUT2D eigenvalue weighted by molar-refractivity contribution is 6.12. The van der Waals surface area contributed by atoms with Gasteiger partial charge in [-0.2, -0.15) is 0 Å². The van der Waals surface area contributed by atoms with Crippen LogP contribution in [0.5, 0.6) is 5.75 Å². The minimum absolute atomic E-state index is 0.158. The Morgan fingerprint density at radius 1 is 1.21 bits per heavy atom. The van der Waals surface area contributed by atoms with Crippen LogP contribution in [0.15, 0.2) is 71.9 Å². The van der Waals surface area contributed by atoms with Crippen LogP contribution in [0.4, 0.5) is 4.39 Å². The maximum Gasteiger partial charge on any atom is 0.363 e. The Kier molecular flexibility index (Phi) is 4.52. The summed E-state index contributed by atoms with van der Waals surface area (Å²) < 4.78 is 23.6. The van der Waals surface area contributed by atoms with Crippen molar-refractivity contribution in [2.45, 2.75) is 0 Å². The fraction of sp³-hybridized carbons (Fsp3) is 0.0526. The van der Waals surface area contributed by atoms with Crippen molar-refractivity contribution in [3.8, 4) is 5.75 Å². The Labute approximate surface area is 138 Å². The van der Waals surface area contributed by atoms with Gasteiger partial charge in [-0.3, -0.25) is 0 Å². The molecule has 0 saturated heterocycles. The molecule has 0 aliphatic carbocycles. The second-order valence-corrected chi connectivity index (χ2v) is 5.02. The number of carbonyl (C=O) groups excluding carboxylic acids is 1. The van der Waals surface area contributed by atoms with E-state index in [1.165, 1.54) is 24.3 Å². The van der Waals surface area contributed by atoms with Crippen molar-refractivity contribution in [3.63, 3.8) is 0 Å². The van der Waals surface area contributed by atoms with Gasteiger partial charge in [0.25, 0.3) is 0 Å². The van der Waals surface area contributed by atoms with E-state index in [0.717, 1.165) is 5.56 Å². The second-order valence-electron chi connectivity index (χ2n) is 5.02. The van der Waals surface area contributed by atoms with Crippen LogP contribution in [0.25, 0.3) is 6.08 Å². The first-order valence-electron chi connectivity index (χ1n) is 7.28. The SMILES string of the molecule is C=CCOc1cccc(/C=C2/N=C(c3ccc(F)cc3)OC2=O)c1. The first-order chi connectivity index (χ1) is 11.7. The van der Waals surface area contributed by atoms with Gasteiger partial charge in [0.05, 0.1) is 0 Å². The Balaban J connectivity index is 1.85.